The first-order valence-corrected chi connectivity index (χ1v) is 4.33. The first-order chi connectivity index (χ1) is 5.40. The summed E-state index contributed by atoms with van der Waals surface area (Å²) in [5, 5.41) is 0. The van der Waals surface area contributed by atoms with Gasteiger partial charge in [0.15, 0.2) is 0 Å². The first-order valence-electron chi connectivity index (χ1n) is 4.33. The monoisotopic (exact) mass is 153 g/mol. The lowest BCUT2D eigenvalue weighted by Gasteiger charge is -2.12. The van der Waals surface area contributed by atoms with Crippen molar-refractivity contribution >= 4 is 0 Å². The van der Waals surface area contributed by atoms with Gasteiger partial charge in [0, 0.05) is 19.9 Å². The lowest BCUT2D eigenvalue weighted by molar-refractivity contribution is 0.102. The Morgan fingerprint density at radius 2 is 2.45 bits per heavy atom. The maximum Gasteiger partial charge on any atom is 0.118 e. The van der Waals surface area contributed by atoms with Gasteiger partial charge in [-0.15, -0.1) is 0 Å². The third kappa shape index (κ3) is 1.56. The highest BCUT2D eigenvalue weighted by Gasteiger charge is 2.28. The minimum Gasteiger partial charge on any atom is -0.364 e. The van der Waals surface area contributed by atoms with Crippen molar-refractivity contribution in [3.05, 3.63) is 11.8 Å². The molecule has 0 amide bonds. The number of rotatable bonds is 3. The van der Waals surface area contributed by atoms with E-state index in [0.29, 0.717) is 0 Å². The number of hydrogen-bond acceptors (Lipinski definition) is 2. The molecule has 0 N–H and O–H groups in total. The fraction of sp³-hybridized carbons (Fsp3) is 0.778. The van der Waals surface area contributed by atoms with Crippen molar-refractivity contribution in [2.75, 3.05) is 20.4 Å². The van der Waals surface area contributed by atoms with Crippen molar-refractivity contribution in [3.63, 3.8) is 0 Å². The van der Waals surface area contributed by atoms with Gasteiger partial charge in [-0.2, -0.15) is 0 Å². The maximum absolute atomic E-state index is 5.06. The molecule has 1 fully saturated rings. The first kappa shape index (κ1) is 7.17. The average molecular weight is 153 g/mol. The summed E-state index contributed by atoms with van der Waals surface area (Å²) in [6, 6.07) is 0. The third-order valence-electron chi connectivity index (χ3n) is 2.43. The molecule has 0 radical (unpaired) electrons. The van der Waals surface area contributed by atoms with Gasteiger partial charge in [-0.1, -0.05) is 0 Å². The highest BCUT2D eigenvalue weighted by Crippen LogP contribution is 2.40. The van der Waals surface area contributed by atoms with Crippen LogP contribution in [-0.4, -0.2) is 25.3 Å². The Kier molecular flexibility index (Phi) is 1.86. The smallest absolute Gasteiger partial charge is 0.118 e. The quantitative estimate of drug-likeness (QED) is 0.610. The van der Waals surface area contributed by atoms with E-state index in [1.54, 1.807) is 12.7 Å². The molecule has 0 unspecified atom stereocenters. The van der Waals surface area contributed by atoms with Gasteiger partial charge in [-0.05, 0) is 30.8 Å². The second-order valence-corrected chi connectivity index (χ2v) is 3.46. The van der Waals surface area contributed by atoms with Crippen molar-refractivity contribution in [2.45, 2.75) is 19.3 Å². The fourth-order valence-electron chi connectivity index (χ4n) is 1.67. The third-order valence-corrected chi connectivity index (χ3v) is 2.43. The molecule has 1 aliphatic heterocycles. The molecule has 1 aliphatic carbocycles. The number of methoxy groups -OCH3 is 1. The summed E-state index contributed by atoms with van der Waals surface area (Å²) in [4.78, 5) is 2.26. The second kappa shape index (κ2) is 2.86. The summed E-state index contributed by atoms with van der Waals surface area (Å²) in [6.45, 7) is 1.93. The van der Waals surface area contributed by atoms with Crippen LogP contribution in [0, 0.1) is 5.92 Å². The van der Waals surface area contributed by atoms with Crippen LogP contribution in [0.15, 0.2) is 11.8 Å². The number of hydrogen-bond donors (Lipinski definition) is 0. The van der Waals surface area contributed by atoms with Crippen LogP contribution in [0.4, 0.5) is 0 Å². The largest absolute Gasteiger partial charge is 0.364 e. The Balaban J connectivity index is 1.87. The minimum atomic E-state index is 0.760. The molecule has 2 aliphatic rings. The van der Waals surface area contributed by atoms with E-state index in [4.69, 9.17) is 4.74 Å². The topological polar surface area (TPSA) is 12.5 Å². The van der Waals surface area contributed by atoms with Crippen LogP contribution in [0.3, 0.4) is 0 Å². The van der Waals surface area contributed by atoms with E-state index in [2.05, 4.69) is 11.1 Å². The van der Waals surface area contributed by atoms with E-state index in [9.17, 15) is 0 Å². The van der Waals surface area contributed by atoms with Crippen LogP contribution in [-0.2, 0) is 4.74 Å². The molecule has 0 aromatic carbocycles. The molecule has 0 saturated heterocycles. The van der Waals surface area contributed by atoms with Gasteiger partial charge in [0.25, 0.3) is 0 Å². The molecule has 1 heterocycles. The number of ether oxygens (including phenoxy) is 1. The molecule has 0 atom stereocenters. The van der Waals surface area contributed by atoms with E-state index < -0.39 is 0 Å². The van der Waals surface area contributed by atoms with E-state index in [-0.39, 0.29) is 0 Å². The summed E-state index contributed by atoms with van der Waals surface area (Å²) in [7, 11) is 1.75. The standard InChI is InChI=1S/C9H15NO/c1-11-7-10-5-4-9(6-10)8-2-3-8/h6,8H,2-5,7H2,1H3. The molecular weight excluding hydrogens is 138 g/mol. The van der Waals surface area contributed by atoms with Gasteiger partial charge in [-0.25, -0.2) is 0 Å². The van der Waals surface area contributed by atoms with Gasteiger partial charge in [0.05, 0.1) is 0 Å². The zero-order valence-corrected chi connectivity index (χ0v) is 7.05. The molecule has 62 valence electrons. The summed E-state index contributed by atoms with van der Waals surface area (Å²) >= 11 is 0. The Labute approximate surface area is 67.8 Å². The molecule has 0 bridgehead atoms. The second-order valence-electron chi connectivity index (χ2n) is 3.46. The molecule has 0 aromatic heterocycles. The predicted octanol–water partition coefficient (Wildman–Crippen LogP) is 1.59. The fourth-order valence-corrected chi connectivity index (χ4v) is 1.67. The highest BCUT2D eigenvalue weighted by atomic mass is 16.5. The molecule has 0 spiro atoms. The lowest BCUT2D eigenvalue weighted by atomic mass is 10.1. The SMILES string of the molecule is COCN1C=C(C2CC2)CC1. The van der Waals surface area contributed by atoms with Gasteiger partial charge in [-0.3, -0.25) is 0 Å². The van der Waals surface area contributed by atoms with Crippen LogP contribution in [0.5, 0.6) is 0 Å². The van der Waals surface area contributed by atoms with Gasteiger partial charge in [0.1, 0.15) is 6.73 Å². The molecule has 2 rings (SSSR count). The van der Waals surface area contributed by atoms with Crippen LogP contribution in [0.1, 0.15) is 19.3 Å². The van der Waals surface area contributed by atoms with E-state index >= 15 is 0 Å². The number of nitrogens with zero attached hydrogens (tertiary/aromatic N) is 1. The van der Waals surface area contributed by atoms with Crippen molar-refractivity contribution in [3.8, 4) is 0 Å². The Morgan fingerprint density at radius 3 is 3.09 bits per heavy atom. The molecule has 0 aromatic rings. The van der Waals surface area contributed by atoms with Gasteiger partial charge in [0.2, 0.25) is 0 Å². The minimum absolute atomic E-state index is 0.760. The van der Waals surface area contributed by atoms with Crippen LogP contribution in [0.2, 0.25) is 0 Å². The summed E-state index contributed by atoms with van der Waals surface area (Å²) in [5.74, 6) is 0.942. The summed E-state index contributed by atoms with van der Waals surface area (Å²) < 4.78 is 5.06. The molecule has 1 saturated carbocycles. The zero-order valence-electron chi connectivity index (χ0n) is 7.05. The Morgan fingerprint density at radius 1 is 1.64 bits per heavy atom. The molecule has 2 nitrogen and oxygen atoms in total. The molecular formula is C9H15NO. The molecule has 2 heteroatoms. The van der Waals surface area contributed by atoms with Crippen molar-refractivity contribution in [1.29, 1.82) is 0 Å². The zero-order chi connectivity index (χ0) is 7.68. The van der Waals surface area contributed by atoms with Crippen LogP contribution >= 0.6 is 0 Å². The van der Waals surface area contributed by atoms with E-state index in [0.717, 1.165) is 12.6 Å². The molecule has 11 heavy (non-hydrogen) atoms. The van der Waals surface area contributed by atoms with Crippen molar-refractivity contribution in [2.24, 2.45) is 5.92 Å². The van der Waals surface area contributed by atoms with E-state index in [1.165, 1.54) is 25.8 Å². The highest BCUT2D eigenvalue weighted by molar-refractivity contribution is 5.16. The van der Waals surface area contributed by atoms with Crippen molar-refractivity contribution < 1.29 is 4.74 Å². The lowest BCUT2D eigenvalue weighted by Crippen LogP contribution is -2.16. The summed E-state index contributed by atoms with van der Waals surface area (Å²) in [5.41, 5.74) is 1.65. The Hall–Kier alpha value is -0.500. The summed E-state index contributed by atoms with van der Waals surface area (Å²) in [6.07, 6.45) is 6.41. The van der Waals surface area contributed by atoms with Crippen molar-refractivity contribution in [1.82, 2.24) is 4.90 Å². The Bertz CT molecular complexity index is 172. The average Bonchev–Trinajstić information content (AvgIpc) is 2.75. The van der Waals surface area contributed by atoms with E-state index in [1.807, 2.05) is 0 Å². The van der Waals surface area contributed by atoms with Crippen LogP contribution < -0.4 is 0 Å². The normalized spacial score (nSPS) is 24.1. The van der Waals surface area contributed by atoms with Gasteiger partial charge < -0.3 is 9.64 Å². The maximum atomic E-state index is 5.06. The van der Waals surface area contributed by atoms with Crippen LogP contribution in [0.25, 0.3) is 0 Å². The predicted molar refractivity (Wildman–Crippen MR) is 44.0 cm³/mol. The van der Waals surface area contributed by atoms with Gasteiger partial charge >= 0.3 is 0 Å².